The molecule has 1 aromatic heterocycles. The van der Waals surface area contributed by atoms with Crippen molar-refractivity contribution in [3.63, 3.8) is 0 Å². The molecular weight excluding hydrogens is 514 g/mol. The van der Waals surface area contributed by atoms with Crippen molar-refractivity contribution in [2.45, 2.75) is 38.0 Å². The second-order valence-corrected chi connectivity index (χ2v) is 10.1. The van der Waals surface area contributed by atoms with Gasteiger partial charge in [0.1, 0.15) is 35.6 Å². The number of pyridine rings is 1. The lowest BCUT2D eigenvalue weighted by molar-refractivity contribution is -0.144. The predicted molar refractivity (Wildman–Crippen MR) is 131 cm³/mol. The number of amides is 4. The second-order valence-electron chi connectivity index (χ2n) is 7.54. The van der Waals surface area contributed by atoms with E-state index >= 15 is 0 Å². The molecule has 2 heterocycles. The van der Waals surface area contributed by atoms with Crippen LogP contribution in [-0.4, -0.2) is 90.4 Å². The van der Waals surface area contributed by atoms with E-state index in [9.17, 15) is 28.8 Å². The molecule has 36 heavy (non-hydrogen) atoms. The molecule has 4 atom stereocenters. The first-order valence-corrected chi connectivity index (χ1v) is 13.2. The third kappa shape index (κ3) is 8.12. The van der Waals surface area contributed by atoms with Gasteiger partial charge in [0, 0.05) is 11.5 Å². The van der Waals surface area contributed by atoms with E-state index in [1.165, 1.54) is 46.3 Å². The Morgan fingerprint density at radius 2 is 1.17 bits per heavy atom. The van der Waals surface area contributed by atoms with E-state index in [-0.39, 0.29) is 22.9 Å². The molecule has 0 saturated carbocycles. The van der Waals surface area contributed by atoms with Crippen LogP contribution < -0.4 is 21.3 Å². The average molecular weight is 542 g/mol. The lowest BCUT2D eigenvalue weighted by Crippen LogP contribution is -2.51. The highest BCUT2D eigenvalue weighted by Crippen LogP contribution is 2.23. The lowest BCUT2D eigenvalue weighted by atomic mass is 10.2. The zero-order valence-corrected chi connectivity index (χ0v) is 21.6. The van der Waals surface area contributed by atoms with Gasteiger partial charge in [-0.3, -0.25) is 19.2 Å². The number of hydrogen-bond acceptors (Lipinski definition) is 11. The minimum absolute atomic E-state index is 0.0711. The van der Waals surface area contributed by atoms with Gasteiger partial charge in [-0.15, -0.1) is 0 Å². The van der Waals surface area contributed by atoms with Crippen LogP contribution >= 0.6 is 21.6 Å². The standard InChI is InChI=1S/C21H27N5O8S2/c1-10-16(27)25-14(20(31)33-3)8-35-36-9-15(21(32)34-4)26-17(28)11(2)23-19(30)13-7-5-6-12(24-13)18(29)22-10/h5-7,10-11,14-15H,8-9H2,1-4H3,(H,22,29)(H,23,30)(H,25,27)(H,26,28). The molecule has 0 saturated heterocycles. The molecule has 0 aromatic carbocycles. The van der Waals surface area contributed by atoms with Gasteiger partial charge in [-0.2, -0.15) is 0 Å². The summed E-state index contributed by atoms with van der Waals surface area (Å²) >= 11 is 0. The summed E-state index contributed by atoms with van der Waals surface area (Å²) in [6.07, 6.45) is 0. The number of hydrogen-bond donors (Lipinski definition) is 4. The number of carbonyl (C=O) groups is 6. The maximum atomic E-state index is 12.6. The molecule has 2 bridgehead atoms. The summed E-state index contributed by atoms with van der Waals surface area (Å²) in [6, 6.07) is -0.0672. The van der Waals surface area contributed by atoms with E-state index in [1.807, 2.05) is 0 Å². The van der Waals surface area contributed by atoms with Crippen molar-refractivity contribution in [2.24, 2.45) is 0 Å². The van der Waals surface area contributed by atoms with E-state index in [0.29, 0.717) is 0 Å². The van der Waals surface area contributed by atoms with Gasteiger partial charge in [0.25, 0.3) is 11.8 Å². The summed E-state index contributed by atoms with van der Waals surface area (Å²) in [5.41, 5.74) is -0.279. The minimum Gasteiger partial charge on any atom is -0.467 e. The van der Waals surface area contributed by atoms with Crippen LogP contribution in [0.5, 0.6) is 0 Å². The molecule has 4 amide bonds. The average Bonchev–Trinajstić information content (AvgIpc) is 2.87. The van der Waals surface area contributed by atoms with E-state index in [0.717, 1.165) is 21.6 Å². The Labute approximate surface area is 215 Å². The van der Waals surface area contributed by atoms with Crippen molar-refractivity contribution in [2.75, 3.05) is 25.7 Å². The Morgan fingerprint density at radius 3 is 1.53 bits per heavy atom. The van der Waals surface area contributed by atoms with Crippen LogP contribution in [0, 0.1) is 0 Å². The topological polar surface area (TPSA) is 182 Å². The largest absolute Gasteiger partial charge is 0.467 e. The molecule has 4 N–H and O–H groups in total. The number of nitrogens with one attached hydrogen (secondary N) is 4. The molecule has 0 fully saturated rings. The molecule has 15 heteroatoms. The van der Waals surface area contributed by atoms with Crippen molar-refractivity contribution >= 4 is 57.2 Å². The monoisotopic (exact) mass is 541 g/mol. The van der Waals surface area contributed by atoms with Crippen LogP contribution in [0.4, 0.5) is 0 Å². The van der Waals surface area contributed by atoms with Crippen molar-refractivity contribution in [3.8, 4) is 0 Å². The normalized spacial score (nSPS) is 24.4. The number of nitrogens with zero attached hydrogens (tertiary/aromatic N) is 1. The van der Waals surface area contributed by atoms with Crippen LogP contribution in [0.15, 0.2) is 18.2 Å². The maximum absolute atomic E-state index is 12.6. The van der Waals surface area contributed by atoms with Crippen LogP contribution in [0.2, 0.25) is 0 Å². The summed E-state index contributed by atoms with van der Waals surface area (Å²) in [4.78, 5) is 78.8. The van der Waals surface area contributed by atoms with Crippen molar-refractivity contribution in [1.82, 2.24) is 26.3 Å². The summed E-state index contributed by atoms with van der Waals surface area (Å²) in [6.45, 7) is 2.84. The van der Waals surface area contributed by atoms with Gasteiger partial charge in [0.15, 0.2) is 0 Å². The number of carbonyl (C=O) groups excluding carboxylic acids is 6. The van der Waals surface area contributed by atoms with E-state index in [2.05, 4.69) is 26.3 Å². The smallest absolute Gasteiger partial charge is 0.329 e. The van der Waals surface area contributed by atoms with E-state index in [1.54, 1.807) is 0 Å². The van der Waals surface area contributed by atoms with Crippen molar-refractivity contribution in [1.29, 1.82) is 0 Å². The number of esters is 2. The van der Waals surface area contributed by atoms with Gasteiger partial charge in [0.2, 0.25) is 11.8 Å². The Kier molecular flexibility index (Phi) is 11.0. The number of ether oxygens (including phenoxy) is 2. The zero-order chi connectivity index (χ0) is 26.8. The first-order valence-electron chi connectivity index (χ1n) is 10.7. The van der Waals surface area contributed by atoms with Gasteiger partial charge >= 0.3 is 11.9 Å². The summed E-state index contributed by atoms with van der Waals surface area (Å²) in [7, 11) is 4.64. The number of aromatic nitrogens is 1. The highest BCUT2D eigenvalue weighted by Gasteiger charge is 2.28. The zero-order valence-electron chi connectivity index (χ0n) is 20.0. The Balaban J connectivity index is 2.33. The van der Waals surface area contributed by atoms with Gasteiger partial charge in [-0.25, -0.2) is 14.6 Å². The molecule has 2 rings (SSSR count). The van der Waals surface area contributed by atoms with E-state index in [4.69, 9.17) is 9.47 Å². The van der Waals surface area contributed by atoms with Gasteiger partial charge in [0.05, 0.1) is 14.2 Å². The van der Waals surface area contributed by atoms with Crippen LogP contribution in [0.1, 0.15) is 34.8 Å². The molecular formula is C21H27N5O8S2. The third-order valence-corrected chi connectivity index (χ3v) is 7.28. The van der Waals surface area contributed by atoms with E-state index < -0.39 is 59.7 Å². The first-order chi connectivity index (χ1) is 17.1. The predicted octanol–water partition coefficient (Wildman–Crippen LogP) is -0.971. The highest BCUT2D eigenvalue weighted by atomic mass is 33.1. The van der Waals surface area contributed by atoms with Gasteiger partial charge < -0.3 is 30.7 Å². The molecule has 1 aromatic rings. The molecule has 1 aliphatic rings. The lowest BCUT2D eigenvalue weighted by Gasteiger charge is -2.20. The third-order valence-electron chi connectivity index (χ3n) is 4.85. The van der Waals surface area contributed by atoms with Crippen LogP contribution in [0.25, 0.3) is 0 Å². The fraction of sp³-hybridized carbons (Fsp3) is 0.476. The summed E-state index contributed by atoms with van der Waals surface area (Å²) in [5.74, 6) is -4.01. The molecule has 0 radical (unpaired) electrons. The molecule has 196 valence electrons. The first kappa shape index (κ1) is 28.9. The van der Waals surface area contributed by atoms with Crippen LogP contribution in [-0.2, 0) is 28.7 Å². The Bertz CT molecular complexity index is 949. The SMILES string of the molecule is COC(=O)C1CSSCC(C(=O)OC)NC(=O)C(C)NC(=O)c2cccc(n2)C(=O)NC(C)C(=O)N1. The minimum atomic E-state index is -1.05. The Hall–Kier alpha value is -3.33. The highest BCUT2D eigenvalue weighted by molar-refractivity contribution is 8.76. The van der Waals surface area contributed by atoms with Crippen molar-refractivity contribution in [3.05, 3.63) is 29.6 Å². The van der Waals surface area contributed by atoms with Crippen LogP contribution in [0.3, 0.4) is 0 Å². The number of fused-ring (bicyclic) bond motifs is 2. The summed E-state index contributed by atoms with van der Waals surface area (Å²) in [5, 5.41) is 9.95. The molecule has 1 aliphatic heterocycles. The molecule has 0 aliphatic carbocycles. The quantitative estimate of drug-likeness (QED) is 0.267. The van der Waals surface area contributed by atoms with Crippen molar-refractivity contribution < 1.29 is 38.2 Å². The number of methoxy groups -OCH3 is 2. The second kappa shape index (κ2) is 13.7. The van der Waals surface area contributed by atoms with Gasteiger partial charge in [-0.05, 0) is 26.0 Å². The molecule has 4 unspecified atom stereocenters. The van der Waals surface area contributed by atoms with Gasteiger partial charge in [-0.1, -0.05) is 27.7 Å². The Morgan fingerprint density at radius 1 is 0.778 bits per heavy atom. The maximum Gasteiger partial charge on any atom is 0.329 e. The summed E-state index contributed by atoms with van der Waals surface area (Å²) < 4.78 is 9.49. The fourth-order valence-electron chi connectivity index (χ4n) is 2.81. The number of rotatable bonds is 2. The molecule has 13 nitrogen and oxygen atoms in total. The fourth-order valence-corrected chi connectivity index (χ4v) is 5.10. The molecule has 0 spiro atoms.